The molecule has 1 N–H and O–H groups in total. The lowest BCUT2D eigenvalue weighted by molar-refractivity contribution is 0.140. The Morgan fingerprint density at radius 3 is 2.40 bits per heavy atom. The molecule has 1 aromatic rings. The van der Waals surface area contributed by atoms with Gasteiger partial charge in [-0.2, -0.15) is 0 Å². The molecule has 2 rings (SSSR count). The van der Waals surface area contributed by atoms with Crippen molar-refractivity contribution in [3.8, 4) is 0 Å². The maximum atomic E-state index is 5.71. The second-order valence-electron chi connectivity index (χ2n) is 5.20. The summed E-state index contributed by atoms with van der Waals surface area (Å²) >= 11 is 0. The van der Waals surface area contributed by atoms with Crippen LogP contribution in [-0.2, 0) is 6.54 Å². The van der Waals surface area contributed by atoms with E-state index in [2.05, 4.69) is 22.1 Å². The van der Waals surface area contributed by atoms with Crippen molar-refractivity contribution in [3.63, 3.8) is 0 Å². The van der Waals surface area contributed by atoms with E-state index >= 15 is 0 Å². The Hall–Kier alpha value is -0.290. The lowest BCUT2D eigenvalue weighted by Crippen LogP contribution is -2.43. The molecule has 0 aromatic carbocycles. The third-order valence-corrected chi connectivity index (χ3v) is 3.75. The summed E-state index contributed by atoms with van der Waals surface area (Å²) in [7, 11) is 0. The standard InChI is InChI=1S/C14H25N3O.2ClH/c1-4-9-17(13-5-7-15-8-6-13)10-14-16-11(2)12(3)18-14;;/h13,15H,4-10H2,1-3H3;2*1H. The molecule has 0 radical (unpaired) electrons. The minimum atomic E-state index is 0. The number of oxazole rings is 1. The van der Waals surface area contributed by atoms with Crippen molar-refractivity contribution in [2.75, 3.05) is 19.6 Å². The van der Waals surface area contributed by atoms with E-state index in [0.717, 1.165) is 43.5 Å². The molecule has 1 aromatic heterocycles. The summed E-state index contributed by atoms with van der Waals surface area (Å²) in [6, 6.07) is 0.679. The van der Waals surface area contributed by atoms with Gasteiger partial charge in [-0.1, -0.05) is 6.92 Å². The van der Waals surface area contributed by atoms with E-state index in [0.29, 0.717) is 6.04 Å². The van der Waals surface area contributed by atoms with Crippen molar-refractivity contribution < 1.29 is 4.42 Å². The number of halogens is 2. The Labute approximate surface area is 134 Å². The summed E-state index contributed by atoms with van der Waals surface area (Å²) in [5.41, 5.74) is 1.02. The Bertz CT molecular complexity index is 359. The van der Waals surface area contributed by atoms with Gasteiger partial charge >= 0.3 is 0 Å². The normalized spacial score (nSPS) is 15.8. The molecule has 0 amide bonds. The van der Waals surface area contributed by atoms with E-state index in [4.69, 9.17) is 4.42 Å². The maximum absolute atomic E-state index is 5.71. The van der Waals surface area contributed by atoms with Crippen molar-refractivity contribution in [1.82, 2.24) is 15.2 Å². The predicted molar refractivity (Wildman–Crippen MR) is 87.1 cm³/mol. The Morgan fingerprint density at radius 1 is 1.25 bits per heavy atom. The third kappa shape index (κ3) is 5.24. The smallest absolute Gasteiger partial charge is 0.208 e. The molecular weight excluding hydrogens is 297 g/mol. The summed E-state index contributed by atoms with van der Waals surface area (Å²) in [6.07, 6.45) is 3.65. The van der Waals surface area contributed by atoms with Crippen LogP contribution in [0, 0.1) is 13.8 Å². The average Bonchev–Trinajstić information content (AvgIpc) is 2.69. The van der Waals surface area contributed by atoms with Crippen LogP contribution in [0.1, 0.15) is 43.5 Å². The van der Waals surface area contributed by atoms with Crippen molar-refractivity contribution in [3.05, 3.63) is 17.3 Å². The van der Waals surface area contributed by atoms with Crippen LogP contribution < -0.4 is 5.32 Å². The first-order chi connectivity index (χ1) is 8.70. The number of piperidine rings is 1. The summed E-state index contributed by atoms with van der Waals surface area (Å²) in [5, 5.41) is 3.42. The van der Waals surface area contributed by atoms with E-state index < -0.39 is 0 Å². The molecule has 0 aliphatic carbocycles. The number of nitrogens with one attached hydrogen (secondary N) is 1. The van der Waals surface area contributed by atoms with Crippen molar-refractivity contribution >= 4 is 24.8 Å². The number of aryl methyl sites for hydroxylation is 2. The van der Waals surface area contributed by atoms with Gasteiger partial charge in [0.1, 0.15) is 5.76 Å². The fourth-order valence-electron chi connectivity index (χ4n) is 2.63. The molecule has 0 bridgehead atoms. The minimum Gasteiger partial charge on any atom is -0.444 e. The van der Waals surface area contributed by atoms with Gasteiger partial charge in [-0.3, -0.25) is 4.90 Å². The first-order valence-electron chi connectivity index (χ1n) is 7.08. The van der Waals surface area contributed by atoms with Gasteiger partial charge in [0.15, 0.2) is 0 Å². The fourth-order valence-corrected chi connectivity index (χ4v) is 2.63. The molecule has 2 heterocycles. The van der Waals surface area contributed by atoms with E-state index in [9.17, 15) is 0 Å². The average molecular weight is 324 g/mol. The second kappa shape index (κ2) is 9.61. The molecule has 0 spiro atoms. The van der Waals surface area contributed by atoms with Crippen LogP contribution in [0.2, 0.25) is 0 Å². The molecule has 0 atom stereocenters. The van der Waals surface area contributed by atoms with Crippen molar-refractivity contribution in [1.29, 1.82) is 0 Å². The van der Waals surface area contributed by atoms with Gasteiger partial charge in [0.25, 0.3) is 0 Å². The van der Waals surface area contributed by atoms with Crippen LogP contribution in [0.4, 0.5) is 0 Å². The number of nitrogens with zero attached hydrogens (tertiary/aromatic N) is 2. The second-order valence-corrected chi connectivity index (χ2v) is 5.20. The topological polar surface area (TPSA) is 41.3 Å². The third-order valence-electron chi connectivity index (χ3n) is 3.75. The van der Waals surface area contributed by atoms with Gasteiger partial charge in [0, 0.05) is 6.04 Å². The van der Waals surface area contributed by atoms with E-state index in [1.54, 1.807) is 0 Å². The highest BCUT2D eigenvalue weighted by atomic mass is 35.5. The number of hydrogen-bond donors (Lipinski definition) is 1. The first kappa shape index (κ1) is 19.7. The molecule has 1 fully saturated rings. The zero-order valence-corrected chi connectivity index (χ0v) is 14.3. The van der Waals surface area contributed by atoms with Crippen molar-refractivity contribution in [2.24, 2.45) is 0 Å². The minimum absolute atomic E-state index is 0. The van der Waals surface area contributed by atoms with Crippen LogP contribution in [0.3, 0.4) is 0 Å². The number of aromatic nitrogens is 1. The lowest BCUT2D eigenvalue weighted by atomic mass is 10.0. The highest BCUT2D eigenvalue weighted by molar-refractivity contribution is 5.85. The zero-order chi connectivity index (χ0) is 13.0. The Kier molecular flexibility index (Phi) is 9.47. The predicted octanol–water partition coefficient (Wildman–Crippen LogP) is 3.10. The summed E-state index contributed by atoms with van der Waals surface area (Å²) in [5.74, 6) is 1.82. The molecule has 1 aliphatic heterocycles. The first-order valence-corrected chi connectivity index (χ1v) is 7.08. The van der Waals surface area contributed by atoms with E-state index in [1.165, 1.54) is 19.3 Å². The highest BCUT2D eigenvalue weighted by Gasteiger charge is 2.22. The quantitative estimate of drug-likeness (QED) is 0.904. The molecule has 6 heteroatoms. The molecule has 0 saturated carbocycles. The van der Waals surface area contributed by atoms with Crippen LogP contribution in [0.15, 0.2) is 4.42 Å². The van der Waals surface area contributed by atoms with Gasteiger partial charge in [-0.25, -0.2) is 4.98 Å². The van der Waals surface area contributed by atoms with E-state index in [1.807, 2.05) is 13.8 Å². The highest BCUT2D eigenvalue weighted by Crippen LogP contribution is 2.17. The van der Waals surface area contributed by atoms with Crippen LogP contribution in [0.25, 0.3) is 0 Å². The zero-order valence-electron chi connectivity index (χ0n) is 12.6. The number of rotatable bonds is 5. The number of hydrogen-bond acceptors (Lipinski definition) is 4. The maximum Gasteiger partial charge on any atom is 0.208 e. The molecule has 0 unspecified atom stereocenters. The van der Waals surface area contributed by atoms with Crippen LogP contribution in [0.5, 0.6) is 0 Å². The lowest BCUT2D eigenvalue weighted by Gasteiger charge is -2.33. The van der Waals surface area contributed by atoms with Gasteiger partial charge in [-0.15, -0.1) is 24.8 Å². The Morgan fingerprint density at radius 2 is 1.90 bits per heavy atom. The van der Waals surface area contributed by atoms with Gasteiger partial charge in [0.2, 0.25) is 5.89 Å². The monoisotopic (exact) mass is 323 g/mol. The van der Waals surface area contributed by atoms with Gasteiger partial charge < -0.3 is 9.73 Å². The van der Waals surface area contributed by atoms with Crippen molar-refractivity contribution in [2.45, 2.75) is 52.6 Å². The molecule has 118 valence electrons. The molecule has 1 saturated heterocycles. The van der Waals surface area contributed by atoms with Crippen LogP contribution in [-0.4, -0.2) is 35.6 Å². The van der Waals surface area contributed by atoms with E-state index in [-0.39, 0.29) is 24.8 Å². The molecule has 4 nitrogen and oxygen atoms in total. The molecule has 1 aliphatic rings. The largest absolute Gasteiger partial charge is 0.444 e. The summed E-state index contributed by atoms with van der Waals surface area (Å²) < 4.78 is 5.71. The van der Waals surface area contributed by atoms with Gasteiger partial charge in [0.05, 0.1) is 12.2 Å². The SMILES string of the molecule is CCCN(Cc1nc(C)c(C)o1)C1CCNCC1.Cl.Cl. The fraction of sp³-hybridized carbons (Fsp3) is 0.786. The summed E-state index contributed by atoms with van der Waals surface area (Å²) in [4.78, 5) is 7.04. The van der Waals surface area contributed by atoms with Crippen LogP contribution >= 0.6 is 24.8 Å². The van der Waals surface area contributed by atoms with Gasteiger partial charge in [-0.05, 0) is 52.7 Å². The summed E-state index contributed by atoms with van der Waals surface area (Å²) in [6.45, 7) is 10.5. The Balaban J connectivity index is 0.00000180. The molecule has 20 heavy (non-hydrogen) atoms. The molecular formula is C14H27Cl2N3O.